The van der Waals surface area contributed by atoms with Crippen LogP contribution in [0.3, 0.4) is 0 Å². The topological polar surface area (TPSA) is 65.7 Å². The van der Waals surface area contributed by atoms with Crippen LogP contribution in [0.4, 0.5) is 13.2 Å². The predicted octanol–water partition coefficient (Wildman–Crippen LogP) is 6.52. The van der Waals surface area contributed by atoms with Crippen molar-refractivity contribution in [3.05, 3.63) is 59.0 Å². The molecule has 3 rings (SSSR count). The van der Waals surface area contributed by atoms with E-state index in [-0.39, 0.29) is 16.8 Å². The van der Waals surface area contributed by atoms with E-state index < -0.39 is 20.3 Å². The Hall–Kier alpha value is -2.11. The Kier molecular flexibility index (Phi) is 7.44. The summed E-state index contributed by atoms with van der Waals surface area (Å²) >= 11 is 3.40. The fourth-order valence-electron chi connectivity index (χ4n) is 2.94. The van der Waals surface area contributed by atoms with Crippen LogP contribution in [0.25, 0.3) is 11.3 Å². The molecule has 3 aromatic rings. The molecule has 0 aliphatic rings. The van der Waals surface area contributed by atoms with Gasteiger partial charge >= 0.3 is 6.18 Å². The lowest BCUT2D eigenvalue weighted by Crippen LogP contribution is -2.41. The van der Waals surface area contributed by atoms with E-state index >= 15 is 0 Å². The first-order chi connectivity index (χ1) is 15.3. The van der Waals surface area contributed by atoms with Crippen molar-refractivity contribution < 1.29 is 17.6 Å². The summed E-state index contributed by atoms with van der Waals surface area (Å²) in [6.45, 7) is 11.5. The summed E-state index contributed by atoms with van der Waals surface area (Å²) in [6, 6.07) is 4.98. The highest BCUT2D eigenvalue weighted by Crippen LogP contribution is 2.37. The second-order valence-corrected chi connectivity index (χ2v) is 15.0. The van der Waals surface area contributed by atoms with E-state index in [1.165, 1.54) is 12.3 Å². The fraction of sp³-hybridized carbons (Fsp3) is 0.455. The second-order valence-electron chi connectivity index (χ2n) is 9.29. The SMILES string of the molecule is CC(C)(C)[Si](C)(C)OCCC(c1ccc(Br)cn1)n1cc(-c2ccnc(C(F)(F)F)n2)cn1. The van der Waals surface area contributed by atoms with E-state index in [0.29, 0.717) is 18.6 Å². The molecule has 3 aromatic heterocycles. The number of halogens is 4. The van der Waals surface area contributed by atoms with Crippen LogP contribution in [0.15, 0.2) is 47.5 Å². The number of pyridine rings is 1. The largest absolute Gasteiger partial charge is 0.451 e. The Morgan fingerprint density at radius 2 is 1.82 bits per heavy atom. The highest BCUT2D eigenvalue weighted by atomic mass is 79.9. The summed E-state index contributed by atoms with van der Waals surface area (Å²) in [5, 5.41) is 4.51. The lowest BCUT2D eigenvalue weighted by molar-refractivity contribution is -0.144. The van der Waals surface area contributed by atoms with Gasteiger partial charge in [0, 0.05) is 35.2 Å². The molecule has 0 amide bonds. The Morgan fingerprint density at radius 1 is 1.09 bits per heavy atom. The van der Waals surface area contributed by atoms with E-state index in [4.69, 9.17) is 4.43 Å². The number of hydrogen-bond acceptors (Lipinski definition) is 5. The van der Waals surface area contributed by atoms with Gasteiger partial charge in [-0.25, -0.2) is 9.97 Å². The fourth-order valence-corrected chi connectivity index (χ4v) is 4.23. The molecule has 0 bridgehead atoms. The van der Waals surface area contributed by atoms with Gasteiger partial charge in [-0.3, -0.25) is 9.67 Å². The van der Waals surface area contributed by atoms with Gasteiger partial charge in [0.25, 0.3) is 0 Å². The van der Waals surface area contributed by atoms with Gasteiger partial charge in [-0.1, -0.05) is 20.8 Å². The van der Waals surface area contributed by atoms with E-state index in [1.54, 1.807) is 17.1 Å². The summed E-state index contributed by atoms with van der Waals surface area (Å²) in [5.74, 6) is -1.18. The van der Waals surface area contributed by atoms with Crippen LogP contribution in [0.5, 0.6) is 0 Å². The minimum atomic E-state index is -4.61. The molecule has 33 heavy (non-hydrogen) atoms. The zero-order valence-electron chi connectivity index (χ0n) is 19.2. The molecule has 0 aliphatic carbocycles. The van der Waals surface area contributed by atoms with Crippen molar-refractivity contribution >= 4 is 24.2 Å². The van der Waals surface area contributed by atoms with E-state index in [1.807, 2.05) is 12.1 Å². The highest BCUT2D eigenvalue weighted by Gasteiger charge is 2.37. The molecule has 0 saturated heterocycles. The lowest BCUT2D eigenvalue weighted by Gasteiger charge is -2.36. The second kappa shape index (κ2) is 9.63. The summed E-state index contributed by atoms with van der Waals surface area (Å²) in [6.07, 6.45) is 1.99. The maximum Gasteiger partial charge on any atom is 0.451 e. The Balaban J connectivity index is 1.88. The third-order valence-electron chi connectivity index (χ3n) is 5.88. The van der Waals surface area contributed by atoms with Crippen molar-refractivity contribution in [3.8, 4) is 11.3 Å². The number of aromatic nitrogens is 5. The van der Waals surface area contributed by atoms with Crippen molar-refractivity contribution in [3.63, 3.8) is 0 Å². The van der Waals surface area contributed by atoms with Crippen LogP contribution in [-0.2, 0) is 10.6 Å². The molecular weight excluding hydrogens is 515 g/mol. The zero-order chi connectivity index (χ0) is 24.4. The average molecular weight is 542 g/mol. The summed E-state index contributed by atoms with van der Waals surface area (Å²) in [7, 11) is -1.94. The number of nitrogens with zero attached hydrogens (tertiary/aromatic N) is 5. The average Bonchev–Trinajstić information content (AvgIpc) is 3.21. The van der Waals surface area contributed by atoms with E-state index in [9.17, 15) is 13.2 Å². The zero-order valence-corrected chi connectivity index (χ0v) is 21.8. The van der Waals surface area contributed by atoms with Gasteiger partial charge in [-0.05, 0) is 58.7 Å². The minimum Gasteiger partial charge on any atom is -0.417 e. The molecular formula is C22H27BrF3N5OSi. The molecule has 1 unspecified atom stereocenters. The first-order valence-corrected chi connectivity index (χ1v) is 14.2. The van der Waals surface area contributed by atoms with Crippen molar-refractivity contribution in [2.45, 2.75) is 57.5 Å². The van der Waals surface area contributed by atoms with Crippen LogP contribution in [-0.4, -0.2) is 39.7 Å². The van der Waals surface area contributed by atoms with E-state index in [0.717, 1.165) is 16.4 Å². The van der Waals surface area contributed by atoms with Crippen molar-refractivity contribution in [2.75, 3.05) is 6.61 Å². The Labute approximate surface area is 200 Å². The van der Waals surface area contributed by atoms with Gasteiger partial charge in [0.05, 0.1) is 23.6 Å². The third kappa shape index (κ3) is 6.27. The maximum absolute atomic E-state index is 13.0. The van der Waals surface area contributed by atoms with Crippen LogP contribution in [0.1, 0.15) is 44.8 Å². The standard InChI is InChI=1S/C22H27BrF3N5OSi/c1-21(2,3)33(4,5)32-11-9-19(18-7-6-16(23)13-28-18)31-14-15(12-29-31)17-8-10-27-20(30-17)22(24,25)26/h6-8,10,12-14,19H,9,11H2,1-5H3. The van der Waals surface area contributed by atoms with Crippen molar-refractivity contribution in [1.82, 2.24) is 24.7 Å². The quantitative estimate of drug-likeness (QED) is 0.318. The molecule has 0 saturated carbocycles. The smallest absolute Gasteiger partial charge is 0.417 e. The number of alkyl halides is 3. The summed E-state index contributed by atoms with van der Waals surface area (Å²) < 4.78 is 48.0. The Morgan fingerprint density at radius 3 is 2.42 bits per heavy atom. The van der Waals surface area contributed by atoms with Crippen LogP contribution >= 0.6 is 15.9 Å². The number of hydrogen-bond donors (Lipinski definition) is 0. The molecule has 3 heterocycles. The van der Waals surface area contributed by atoms with Crippen molar-refractivity contribution in [2.24, 2.45) is 0 Å². The van der Waals surface area contributed by atoms with E-state index in [2.05, 4.69) is 69.8 Å². The minimum absolute atomic E-state index is 0.0838. The Bertz CT molecular complexity index is 1080. The molecule has 0 spiro atoms. The summed E-state index contributed by atoms with van der Waals surface area (Å²) in [4.78, 5) is 11.5. The summed E-state index contributed by atoms with van der Waals surface area (Å²) in [5.41, 5.74) is 1.41. The first-order valence-electron chi connectivity index (χ1n) is 10.5. The molecule has 1 atom stereocenters. The molecule has 6 nitrogen and oxygen atoms in total. The highest BCUT2D eigenvalue weighted by molar-refractivity contribution is 9.10. The lowest BCUT2D eigenvalue weighted by atomic mass is 10.1. The third-order valence-corrected chi connectivity index (χ3v) is 10.9. The predicted molar refractivity (Wildman–Crippen MR) is 126 cm³/mol. The maximum atomic E-state index is 13.0. The van der Waals surface area contributed by atoms with Gasteiger partial charge < -0.3 is 4.43 Å². The monoisotopic (exact) mass is 541 g/mol. The molecule has 0 fully saturated rings. The first kappa shape index (κ1) is 25.5. The normalized spacial score (nSPS) is 13.8. The molecule has 0 N–H and O–H groups in total. The molecule has 0 aliphatic heterocycles. The molecule has 0 radical (unpaired) electrons. The van der Waals surface area contributed by atoms with Gasteiger partial charge in [0.1, 0.15) is 0 Å². The van der Waals surface area contributed by atoms with Gasteiger partial charge in [-0.2, -0.15) is 18.3 Å². The molecule has 0 aromatic carbocycles. The van der Waals surface area contributed by atoms with Crippen LogP contribution in [0.2, 0.25) is 18.1 Å². The van der Waals surface area contributed by atoms with Crippen LogP contribution in [0, 0.1) is 0 Å². The molecule has 178 valence electrons. The van der Waals surface area contributed by atoms with Gasteiger partial charge in [-0.15, -0.1) is 0 Å². The van der Waals surface area contributed by atoms with Gasteiger partial charge in [0.15, 0.2) is 8.32 Å². The number of rotatable bonds is 7. The van der Waals surface area contributed by atoms with Crippen molar-refractivity contribution in [1.29, 1.82) is 0 Å². The van der Waals surface area contributed by atoms with Gasteiger partial charge in [0.2, 0.25) is 5.82 Å². The molecule has 11 heteroatoms. The van der Waals surface area contributed by atoms with Crippen LogP contribution < -0.4 is 0 Å².